The second kappa shape index (κ2) is 5.50. The molecule has 2 aliphatic rings. The Bertz CT molecular complexity index is 474. The zero-order valence-corrected chi connectivity index (χ0v) is 12.9. The van der Waals surface area contributed by atoms with Crippen molar-refractivity contribution in [3.63, 3.8) is 0 Å². The van der Waals surface area contributed by atoms with Crippen LogP contribution in [0.2, 0.25) is 0 Å². The van der Waals surface area contributed by atoms with Crippen molar-refractivity contribution in [3.8, 4) is 0 Å². The van der Waals surface area contributed by atoms with Gasteiger partial charge in [0.2, 0.25) is 0 Å². The van der Waals surface area contributed by atoms with E-state index in [9.17, 15) is 5.11 Å². The monoisotopic (exact) mass is 273 g/mol. The lowest BCUT2D eigenvalue weighted by molar-refractivity contribution is -0.00186. The summed E-state index contributed by atoms with van der Waals surface area (Å²) >= 11 is 0. The van der Waals surface area contributed by atoms with E-state index in [0.717, 1.165) is 38.5 Å². The minimum atomic E-state index is -0.558. The standard InChI is InChI=1S/C18H27NO/c1-19(2)15-10-9-14-7-6-8-17(16(14)13-15)18(20)11-4-3-5-12-18/h6-8,15,20H,3-5,9-13H2,1-2H3/t15-/m1/s1. The molecule has 3 rings (SSSR count). The Morgan fingerprint density at radius 1 is 1.15 bits per heavy atom. The molecular formula is C18H27NO. The van der Waals surface area contributed by atoms with Crippen LogP contribution in [0.4, 0.5) is 0 Å². The number of hydrogen-bond acceptors (Lipinski definition) is 2. The molecule has 2 aliphatic carbocycles. The summed E-state index contributed by atoms with van der Waals surface area (Å²) in [5.74, 6) is 0. The molecule has 0 amide bonds. The third-order valence-corrected chi connectivity index (χ3v) is 5.37. The minimum Gasteiger partial charge on any atom is -0.385 e. The van der Waals surface area contributed by atoms with Crippen molar-refractivity contribution < 1.29 is 5.11 Å². The maximum absolute atomic E-state index is 11.1. The molecule has 0 aromatic heterocycles. The SMILES string of the molecule is CN(C)[C@@H]1CCc2cccc(C3(O)CCCCC3)c2C1. The number of likely N-dealkylation sites (N-methyl/N-ethyl adjacent to an activating group) is 1. The van der Waals surface area contributed by atoms with E-state index in [-0.39, 0.29) is 0 Å². The average Bonchev–Trinajstić information content (AvgIpc) is 2.46. The van der Waals surface area contributed by atoms with Crippen molar-refractivity contribution in [1.29, 1.82) is 0 Å². The van der Waals surface area contributed by atoms with Crippen LogP contribution in [0.5, 0.6) is 0 Å². The highest BCUT2D eigenvalue weighted by atomic mass is 16.3. The van der Waals surface area contributed by atoms with Gasteiger partial charge in [0.15, 0.2) is 0 Å². The van der Waals surface area contributed by atoms with Gasteiger partial charge in [0.1, 0.15) is 0 Å². The van der Waals surface area contributed by atoms with Crippen LogP contribution >= 0.6 is 0 Å². The van der Waals surface area contributed by atoms with Crippen molar-refractivity contribution in [2.24, 2.45) is 0 Å². The van der Waals surface area contributed by atoms with E-state index in [0.29, 0.717) is 6.04 Å². The molecule has 1 aromatic rings. The van der Waals surface area contributed by atoms with E-state index >= 15 is 0 Å². The lowest BCUT2D eigenvalue weighted by atomic mass is 9.74. The van der Waals surface area contributed by atoms with Crippen LogP contribution in [-0.2, 0) is 18.4 Å². The summed E-state index contributed by atoms with van der Waals surface area (Å²) in [6.07, 6.45) is 8.98. The van der Waals surface area contributed by atoms with E-state index in [1.165, 1.54) is 29.5 Å². The number of aliphatic hydroxyl groups is 1. The second-order valence-corrected chi connectivity index (χ2v) is 6.90. The Kier molecular flexibility index (Phi) is 3.87. The topological polar surface area (TPSA) is 23.5 Å². The molecule has 20 heavy (non-hydrogen) atoms. The van der Waals surface area contributed by atoms with E-state index < -0.39 is 5.60 Å². The van der Waals surface area contributed by atoms with Gasteiger partial charge in [-0.15, -0.1) is 0 Å². The Balaban J connectivity index is 1.96. The third-order valence-electron chi connectivity index (χ3n) is 5.37. The number of hydrogen-bond donors (Lipinski definition) is 1. The van der Waals surface area contributed by atoms with Crippen molar-refractivity contribution in [2.45, 2.75) is 63.0 Å². The molecule has 1 fully saturated rings. The maximum Gasteiger partial charge on any atom is 0.0899 e. The van der Waals surface area contributed by atoms with Gasteiger partial charge in [0.25, 0.3) is 0 Å². The third kappa shape index (κ3) is 2.51. The smallest absolute Gasteiger partial charge is 0.0899 e. The van der Waals surface area contributed by atoms with Crippen molar-refractivity contribution in [3.05, 3.63) is 34.9 Å². The number of rotatable bonds is 2. The fourth-order valence-corrected chi connectivity index (χ4v) is 4.05. The van der Waals surface area contributed by atoms with Gasteiger partial charge >= 0.3 is 0 Å². The van der Waals surface area contributed by atoms with Gasteiger partial charge in [-0.1, -0.05) is 37.5 Å². The highest BCUT2D eigenvalue weighted by molar-refractivity contribution is 5.41. The summed E-state index contributed by atoms with van der Waals surface area (Å²) in [5.41, 5.74) is 3.60. The summed E-state index contributed by atoms with van der Waals surface area (Å²) < 4.78 is 0. The first-order valence-electron chi connectivity index (χ1n) is 8.10. The molecule has 1 saturated carbocycles. The van der Waals surface area contributed by atoms with E-state index in [1.54, 1.807) is 0 Å². The fraction of sp³-hybridized carbons (Fsp3) is 0.667. The molecule has 2 heteroatoms. The van der Waals surface area contributed by atoms with Crippen molar-refractivity contribution >= 4 is 0 Å². The molecule has 0 saturated heterocycles. The Labute approximate surface area is 122 Å². The van der Waals surface area contributed by atoms with Crippen molar-refractivity contribution in [1.82, 2.24) is 4.90 Å². The summed E-state index contributed by atoms with van der Waals surface area (Å²) in [6.45, 7) is 0. The minimum absolute atomic E-state index is 0.558. The molecule has 110 valence electrons. The highest BCUT2D eigenvalue weighted by Gasteiger charge is 2.35. The van der Waals surface area contributed by atoms with E-state index in [1.807, 2.05) is 0 Å². The molecule has 2 nitrogen and oxygen atoms in total. The van der Waals surface area contributed by atoms with E-state index in [4.69, 9.17) is 0 Å². The van der Waals surface area contributed by atoms with Crippen LogP contribution in [-0.4, -0.2) is 30.1 Å². The zero-order valence-electron chi connectivity index (χ0n) is 12.9. The van der Waals surface area contributed by atoms with Gasteiger partial charge in [-0.25, -0.2) is 0 Å². The summed E-state index contributed by atoms with van der Waals surface area (Å²) in [6, 6.07) is 7.21. The fourth-order valence-electron chi connectivity index (χ4n) is 4.05. The lowest BCUT2D eigenvalue weighted by Crippen LogP contribution is -2.36. The molecule has 0 unspecified atom stereocenters. The van der Waals surface area contributed by atoms with Crippen LogP contribution in [0.25, 0.3) is 0 Å². The number of benzene rings is 1. The Morgan fingerprint density at radius 3 is 2.60 bits per heavy atom. The molecule has 0 radical (unpaired) electrons. The number of aryl methyl sites for hydroxylation is 1. The average molecular weight is 273 g/mol. The van der Waals surface area contributed by atoms with Crippen LogP contribution in [0.1, 0.15) is 55.2 Å². The maximum atomic E-state index is 11.1. The largest absolute Gasteiger partial charge is 0.385 e. The van der Waals surface area contributed by atoms with Gasteiger partial charge in [0, 0.05) is 6.04 Å². The predicted octanol–water partition coefficient (Wildman–Crippen LogP) is 3.26. The van der Waals surface area contributed by atoms with Crippen LogP contribution in [0.15, 0.2) is 18.2 Å². The summed E-state index contributed by atoms with van der Waals surface area (Å²) in [5, 5.41) is 11.1. The van der Waals surface area contributed by atoms with Gasteiger partial charge in [-0.05, 0) is 62.9 Å². The number of fused-ring (bicyclic) bond motifs is 1. The van der Waals surface area contributed by atoms with Crippen LogP contribution in [0, 0.1) is 0 Å². The first kappa shape index (κ1) is 14.1. The molecule has 1 atom stereocenters. The van der Waals surface area contributed by atoms with Crippen LogP contribution in [0.3, 0.4) is 0 Å². The molecule has 0 heterocycles. The highest BCUT2D eigenvalue weighted by Crippen LogP contribution is 2.41. The van der Waals surface area contributed by atoms with Gasteiger partial charge in [-0.3, -0.25) is 0 Å². The summed E-state index contributed by atoms with van der Waals surface area (Å²) in [7, 11) is 4.35. The second-order valence-electron chi connectivity index (χ2n) is 6.90. The molecule has 0 aliphatic heterocycles. The van der Waals surface area contributed by atoms with Gasteiger partial charge in [0.05, 0.1) is 5.60 Å². The van der Waals surface area contributed by atoms with Gasteiger partial charge < -0.3 is 10.0 Å². The van der Waals surface area contributed by atoms with Crippen molar-refractivity contribution in [2.75, 3.05) is 14.1 Å². The Hall–Kier alpha value is -0.860. The summed E-state index contributed by atoms with van der Waals surface area (Å²) in [4.78, 5) is 2.34. The zero-order chi connectivity index (χ0) is 14.2. The molecule has 1 aromatic carbocycles. The normalized spacial score (nSPS) is 25.5. The molecular weight excluding hydrogens is 246 g/mol. The molecule has 1 N–H and O–H groups in total. The molecule has 0 bridgehead atoms. The Morgan fingerprint density at radius 2 is 1.90 bits per heavy atom. The van der Waals surface area contributed by atoms with Crippen LogP contribution < -0.4 is 0 Å². The molecule has 0 spiro atoms. The quantitative estimate of drug-likeness (QED) is 0.894. The van der Waals surface area contributed by atoms with Gasteiger partial charge in [-0.2, -0.15) is 0 Å². The predicted molar refractivity (Wildman–Crippen MR) is 82.9 cm³/mol. The van der Waals surface area contributed by atoms with E-state index in [2.05, 4.69) is 37.2 Å². The first-order valence-corrected chi connectivity index (χ1v) is 8.10. The first-order chi connectivity index (χ1) is 9.60. The number of nitrogens with zero attached hydrogens (tertiary/aromatic N) is 1. The lowest BCUT2D eigenvalue weighted by Gasteiger charge is -2.38.